The lowest BCUT2D eigenvalue weighted by Crippen LogP contribution is -2.47. The van der Waals surface area contributed by atoms with Crippen molar-refractivity contribution in [2.75, 3.05) is 6.61 Å². The summed E-state index contributed by atoms with van der Waals surface area (Å²) in [6.45, 7) is -0.165. The smallest absolute Gasteiger partial charge is 0.306 e. The highest BCUT2D eigenvalue weighted by Crippen LogP contribution is 2.61. The van der Waals surface area contributed by atoms with Gasteiger partial charge in [-0.1, -0.05) is 11.6 Å². The van der Waals surface area contributed by atoms with E-state index in [1.165, 1.54) is 49.9 Å². The van der Waals surface area contributed by atoms with Crippen molar-refractivity contribution in [3.8, 4) is 0 Å². The van der Waals surface area contributed by atoms with Gasteiger partial charge in [0.15, 0.2) is 6.61 Å². The number of carbonyl (C=O) groups is 2. The SMILES string of the molecule is O=C(CC12CC3CC(CC(C3)C1)C2)OCC(=O)c1ccc(Cl)s1. The average Bonchev–Trinajstić information content (AvgIpc) is 2.89. The molecule has 0 N–H and O–H groups in total. The molecule has 124 valence electrons. The molecule has 1 aromatic rings. The summed E-state index contributed by atoms with van der Waals surface area (Å²) in [5.41, 5.74) is 0.168. The van der Waals surface area contributed by atoms with Crippen LogP contribution >= 0.6 is 22.9 Å². The van der Waals surface area contributed by atoms with Gasteiger partial charge in [0.2, 0.25) is 5.78 Å². The van der Waals surface area contributed by atoms with Crippen LogP contribution in [0.15, 0.2) is 12.1 Å². The maximum absolute atomic E-state index is 12.3. The van der Waals surface area contributed by atoms with Gasteiger partial charge in [-0.3, -0.25) is 9.59 Å². The lowest BCUT2D eigenvalue weighted by molar-refractivity contribution is -0.150. The normalized spacial score (nSPS) is 34.6. The molecule has 5 rings (SSSR count). The fourth-order valence-corrected chi connectivity index (χ4v) is 6.51. The first-order chi connectivity index (χ1) is 11.0. The maximum atomic E-state index is 12.3. The van der Waals surface area contributed by atoms with Crippen molar-refractivity contribution in [3.05, 3.63) is 21.3 Å². The largest absolute Gasteiger partial charge is 0.457 e. The monoisotopic (exact) mass is 352 g/mol. The predicted octanol–water partition coefficient (Wildman–Crippen LogP) is 4.73. The van der Waals surface area contributed by atoms with Gasteiger partial charge in [0.25, 0.3) is 0 Å². The molecule has 1 aromatic heterocycles. The predicted molar refractivity (Wildman–Crippen MR) is 89.8 cm³/mol. The molecule has 4 aliphatic rings. The van der Waals surface area contributed by atoms with Gasteiger partial charge >= 0.3 is 5.97 Å². The minimum absolute atomic E-state index is 0.165. The van der Waals surface area contributed by atoms with E-state index >= 15 is 0 Å². The van der Waals surface area contributed by atoms with Crippen LogP contribution < -0.4 is 0 Å². The summed E-state index contributed by atoms with van der Waals surface area (Å²) in [4.78, 5) is 24.8. The van der Waals surface area contributed by atoms with E-state index in [1.54, 1.807) is 12.1 Å². The van der Waals surface area contributed by atoms with Crippen LogP contribution in [-0.4, -0.2) is 18.4 Å². The van der Waals surface area contributed by atoms with Crippen LogP contribution in [0.1, 0.15) is 54.6 Å². The second-order valence-corrected chi connectivity index (χ2v) is 9.50. The molecular formula is C18H21ClO3S. The molecule has 0 aromatic carbocycles. The molecule has 0 unspecified atom stereocenters. The zero-order valence-electron chi connectivity index (χ0n) is 13.1. The number of thiophene rings is 1. The fourth-order valence-electron chi connectivity index (χ4n) is 5.55. The molecule has 0 aliphatic heterocycles. The summed E-state index contributed by atoms with van der Waals surface area (Å²) in [7, 11) is 0. The minimum atomic E-state index is -0.206. The van der Waals surface area contributed by atoms with Gasteiger partial charge in [0, 0.05) is 0 Å². The van der Waals surface area contributed by atoms with Gasteiger partial charge < -0.3 is 4.74 Å². The Bertz CT molecular complexity index is 601. The Balaban J connectivity index is 1.33. The Morgan fingerprint density at radius 3 is 2.26 bits per heavy atom. The third kappa shape index (κ3) is 3.20. The van der Waals surface area contributed by atoms with Crippen molar-refractivity contribution in [3.63, 3.8) is 0 Å². The Morgan fingerprint density at radius 1 is 1.13 bits per heavy atom. The van der Waals surface area contributed by atoms with E-state index in [9.17, 15) is 9.59 Å². The maximum Gasteiger partial charge on any atom is 0.306 e. The van der Waals surface area contributed by atoms with Gasteiger partial charge in [-0.15, -0.1) is 11.3 Å². The summed E-state index contributed by atoms with van der Waals surface area (Å²) in [6.07, 6.45) is 8.15. The van der Waals surface area contributed by atoms with Gasteiger partial charge in [-0.05, 0) is 73.8 Å². The van der Waals surface area contributed by atoms with Crippen molar-refractivity contribution in [2.24, 2.45) is 23.2 Å². The second kappa shape index (κ2) is 5.89. The number of carbonyl (C=O) groups excluding carboxylic acids is 2. The minimum Gasteiger partial charge on any atom is -0.457 e. The Hall–Kier alpha value is -0.870. The van der Waals surface area contributed by atoms with E-state index in [0.717, 1.165) is 17.8 Å². The molecule has 1 heterocycles. The van der Waals surface area contributed by atoms with Crippen molar-refractivity contribution in [2.45, 2.75) is 44.9 Å². The third-order valence-corrected chi connectivity index (χ3v) is 7.17. The molecule has 23 heavy (non-hydrogen) atoms. The molecule has 4 aliphatic carbocycles. The number of hydrogen-bond donors (Lipinski definition) is 0. The summed E-state index contributed by atoms with van der Waals surface area (Å²) in [6, 6.07) is 3.37. The van der Waals surface area contributed by atoms with Crippen LogP contribution in [0.25, 0.3) is 0 Å². The molecule has 3 nitrogen and oxygen atoms in total. The van der Waals surface area contributed by atoms with Gasteiger partial charge in [0.1, 0.15) is 0 Å². The molecule has 0 saturated heterocycles. The number of ether oxygens (including phenoxy) is 1. The van der Waals surface area contributed by atoms with Crippen molar-refractivity contribution in [1.29, 1.82) is 0 Å². The van der Waals surface area contributed by atoms with Crippen molar-refractivity contribution in [1.82, 2.24) is 0 Å². The molecule has 0 atom stereocenters. The first-order valence-electron chi connectivity index (χ1n) is 8.45. The Kier molecular flexibility index (Phi) is 4.01. The fraction of sp³-hybridized carbons (Fsp3) is 0.667. The van der Waals surface area contributed by atoms with Crippen LogP contribution in [0.5, 0.6) is 0 Å². The number of esters is 1. The van der Waals surface area contributed by atoms with E-state index in [2.05, 4.69) is 0 Å². The standard InChI is InChI=1S/C18H21ClO3S/c19-16-2-1-15(23-16)14(20)10-22-17(21)9-18-6-11-3-12(7-18)5-13(4-11)8-18/h1-2,11-13H,3-10H2. The topological polar surface area (TPSA) is 43.4 Å². The lowest BCUT2D eigenvalue weighted by atomic mass is 9.49. The highest BCUT2D eigenvalue weighted by Gasteiger charge is 2.51. The molecule has 4 fully saturated rings. The quantitative estimate of drug-likeness (QED) is 0.568. The lowest BCUT2D eigenvalue weighted by Gasteiger charge is -2.56. The molecule has 4 bridgehead atoms. The van der Waals surface area contributed by atoms with Crippen LogP contribution in [0.3, 0.4) is 0 Å². The molecule has 4 saturated carbocycles. The number of halogens is 1. The zero-order chi connectivity index (χ0) is 16.0. The van der Waals surface area contributed by atoms with Crippen LogP contribution in [0, 0.1) is 23.2 Å². The van der Waals surface area contributed by atoms with Gasteiger partial charge in [0.05, 0.1) is 15.6 Å². The van der Waals surface area contributed by atoms with Crippen molar-refractivity contribution < 1.29 is 14.3 Å². The Morgan fingerprint density at radius 2 is 1.74 bits per heavy atom. The third-order valence-electron chi connectivity index (χ3n) is 5.90. The highest BCUT2D eigenvalue weighted by atomic mass is 35.5. The summed E-state index contributed by atoms with van der Waals surface area (Å²) < 4.78 is 5.86. The number of Topliss-reactive ketones (excluding diaryl/α,β-unsaturated/α-hetero) is 1. The number of ketones is 1. The van der Waals surface area contributed by atoms with E-state index in [0.29, 0.717) is 15.6 Å². The first kappa shape index (κ1) is 15.6. The van der Waals surface area contributed by atoms with Crippen molar-refractivity contribution >= 4 is 34.7 Å². The van der Waals surface area contributed by atoms with E-state index in [-0.39, 0.29) is 23.8 Å². The summed E-state index contributed by atoms with van der Waals surface area (Å²) in [5, 5.41) is 0. The second-order valence-electron chi connectivity index (χ2n) is 7.78. The van der Waals surface area contributed by atoms with Gasteiger partial charge in [-0.2, -0.15) is 0 Å². The highest BCUT2D eigenvalue weighted by molar-refractivity contribution is 7.18. The first-order valence-corrected chi connectivity index (χ1v) is 9.65. The zero-order valence-corrected chi connectivity index (χ0v) is 14.6. The van der Waals surface area contributed by atoms with E-state index in [4.69, 9.17) is 16.3 Å². The summed E-state index contributed by atoms with van der Waals surface area (Å²) >= 11 is 7.06. The number of rotatable bonds is 5. The van der Waals surface area contributed by atoms with Crippen LogP contribution in [-0.2, 0) is 9.53 Å². The molecular weight excluding hydrogens is 332 g/mol. The van der Waals surface area contributed by atoms with E-state index < -0.39 is 0 Å². The van der Waals surface area contributed by atoms with E-state index in [1.807, 2.05) is 0 Å². The number of hydrogen-bond acceptors (Lipinski definition) is 4. The van der Waals surface area contributed by atoms with Crippen LogP contribution in [0.2, 0.25) is 4.34 Å². The summed E-state index contributed by atoms with van der Waals surface area (Å²) in [5.74, 6) is 2.10. The molecule has 0 amide bonds. The van der Waals surface area contributed by atoms with Gasteiger partial charge in [-0.25, -0.2) is 0 Å². The average molecular weight is 353 g/mol. The molecule has 5 heteroatoms. The Labute approximate surface area is 145 Å². The molecule has 0 spiro atoms. The molecule has 0 radical (unpaired) electrons. The van der Waals surface area contributed by atoms with Crippen LogP contribution in [0.4, 0.5) is 0 Å².